The number of nitrogens with one attached hydrogen (secondary N) is 1. The van der Waals surface area contributed by atoms with E-state index in [4.69, 9.17) is 33.7 Å². The Morgan fingerprint density at radius 1 is 1.40 bits per heavy atom. The Morgan fingerprint density at radius 2 is 2.00 bits per heavy atom. The van der Waals surface area contributed by atoms with Crippen molar-refractivity contribution in [2.75, 3.05) is 24.3 Å². The predicted octanol–water partition coefficient (Wildman–Crippen LogP) is 3.97. The number of carbonyl (C=O) groups excluding carboxylic acids is 1. The molecule has 1 amide bonds. The number of hydrogen-bond acceptors (Lipinski definition) is 3. The highest BCUT2D eigenvalue weighted by Crippen LogP contribution is 2.32. The lowest BCUT2D eigenvalue weighted by atomic mass is 10.1. The maximum absolute atomic E-state index is 11.8. The standard InChI is InChI=1S/C14H20Cl2N2O2/c1-3-4-9(2)7-20-8-13(19)18-14-11(15)5-10(17)6-12(14)16/h5-6,9H,3-4,7-8,17H2,1-2H3,(H,18,19). The number of anilines is 2. The van der Waals surface area contributed by atoms with Gasteiger partial charge in [0.15, 0.2) is 0 Å². The highest BCUT2D eigenvalue weighted by atomic mass is 35.5. The molecule has 0 bridgehead atoms. The second-order valence-electron chi connectivity index (χ2n) is 4.82. The molecule has 0 aliphatic heterocycles. The van der Waals surface area contributed by atoms with Crippen molar-refractivity contribution < 1.29 is 9.53 Å². The number of rotatable bonds is 7. The Hall–Kier alpha value is -0.970. The second-order valence-corrected chi connectivity index (χ2v) is 5.63. The van der Waals surface area contributed by atoms with Gasteiger partial charge in [0.1, 0.15) is 6.61 Å². The number of benzene rings is 1. The summed E-state index contributed by atoms with van der Waals surface area (Å²) in [6.07, 6.45) is 2.19. The van der Waals surface area contributed by atoms with Crippen molar-refractivity contribution in [2.45, 2.75) is 26.7 Å². The molecule has 3 N–H and O–H groups in total. The topological polar surface area (TPSA) is 64.3 Å². The molecule has 4 nitrogen and oxygen atoms in total. The van der Waals surface area contributed by atoms with E-state index in [1.54, 1.807) is 0 Å². The number of hydrogen-bond donors (Lipinski definition) is 2. The van der Waals surface area contributed by atoms with Crippen molar-refractivity contribution in [3.63, 3.8) is 0 Å². The first-order valence-electron chi connectivity index (χ1n) is 6.56. The first-order valence-corrected chi connectivity index (χ1v) is 7.31. The largest absolute Gasteiger partial charge is 0.399 e. The molecule has 1 aromatic rings. The molecule has 0 spiro atoms. The van der Waals surface area contributed by atoms with Gasteiger partial charge in [-0.25, -0.2) is 0 Å². The van der Waals surface area contributed by atoms with Gasteiger partial charge in [-0.2, -0.15) is 0 Å². The Morgan fingerprint density at radius 3 is 2.55 bits per heavy atom. The van der Waals surface area contributed by atoms with E-state index in [1.807, 2.05) is 0 Å². The summed E-state index contributed by atoms with van der Waals surface area (Å²) in [5.41, 5.74) is 6.40. The third-order valence-corrected chi connectivity index (χ3v) is 3.34. The molecule has 1 unspecified atom stereocenters. The molecule has 1 atom stereocenters. The van der Waals surface area contributed by atoms with Crippen molar-refractivity contribution >= 4 is 40.5 Å². The van der Waals surface area contributed by atoms with Gasteiger partial charge in [0, 0.05) is 12.3 Å². The summed E-state index contributed by atoms with van der Waals surface area (Å²) in [7, 11) is 0. The molecule has 112 valence electrons. The van der Waals surface area contributed by atoms with Gasteiger partial charge < -0.3 is 15.8 Å². The van der Waals surface area contributed by atoms with E-state index in [1.165, 1.54) is 12.1 Å². The number of carbonyl (C=O) groups is 1. The van der Waals surface area contributed by atoms with Crippen molar-refractivity contribution in [2.24, 2.45) is 5.92 Å². The molecule has 0 saturated heterocycles. The Bertz CT molecular complexity index is 443. The first kappa shape index (κ1) is 17.1. The minimum absolute atomic E-state index is 0.0227. The first-order chi connectivity index (χ1) is 9.43. The highest BCUT2D eigenvalue weighted by Gasteiger charge is 2.11. The maximum Gasteiger partial charge on any atom is 0.250 e. The number of nitrogen functional groups attached to an aromatic ring is 1. The summed E-state index contributed by atoms with van der Waals surface area (Å²) in [6, 6.07) is 3.07. The fraction of sp³-hybridized carbons (Fsp3) is 0.500. The lowest BCUT2D eigenvalue weighted by Crippen LogP contribution is -2.20. The molecule has 20 heavy (non-hydrogen) atoms. The van der Waals surface area contributed by atoms with Gasteiger partial charge in [-0.05, 0) is 24.5 Å². The molecular formula is C14H20Cl2N2O2. The SMILES string of the molecule is CCCC(C)COCC(=O)Nc1c(Cl)cc(N)cc1Cl. The third-order valence-electron chi connectivity index (χ3n) is 2.75. The van der Waals surface area contributed by atoms with Gasteiger partial charge in [0.05, 0.1) is 15.7 Å². The van der Waals surface area contributed by atoms with Gasteiger partial charge in [-0.15, -0.1) is 0 Å². The Labute approximate surface area is 129 Å². The van der Waals surface area contributed by atoms with Gasteiger partial charge in [0.2, 0.25) is 5.91 Å². The van der Waals surface area contributed by atoms with Gasteiger partial charge >= 0.3 is 0 Å². The lowest BCUT2D eigenvalue weighted by Gasteiger charge is -2.12. The summed E-state index contributed by atoms with van der Waals surface area (Å²) in [5.74, 6) is 0.152. The van der Waals surface area contributed by atoms with E-state index in [0.717, 1.165) is 12.8 Å². The van der Waals surface area contributed by atoms with Crippen molar-refractivity contribution in [1.29, 1.82) is 0 Å². The van der Waals surface area contributed by atoms with Gasteiger partial charge in [0.25, 0.3) is 0 Å². The van der Waals surface area contributed by atoms with E-state index in [0.29, 0.717) is 33.9 Å². The zero-order valence-electron chi connectivity index (χ0n) is 11.7. The van der Waals surface area contributed by atoms with E-state index in [2.05, 4.69) is 19.2 Å². The normalized spacial score (nSPS) is 12.2. The third kappa shape index (κ3) is 5.57. The molecule has 0 radical (unpaired) electrons. The lowest BCUT2D eigenvalue weighted by molar-refractivity contribution is -0.121. The number of halogens is 2. The summed E-state index contributed by atoms with van der Waals surface area (Å²) >= 11 is 12.0. The van der Waals surface area contributed by atoms with Crippen molar-refractivity contribution in [3.05, 3.63) is 22.2 Å². The average Bonchev–Trinajstić information content (AvgIpc) is 2.34. The van der Waals surface area contributed by atoms with Crippen LogP contribution in [0, 0.1) is 5.92 Å². The van der Waals surface area contributed by atoms with E-state index in [9.17, 15) is 4.79 Å². The minimum Gasteiger partial charge on any atom is -0.399 e. The van der Waals surface area contributed by atoms with Crippen LogP contribution in [0.3, 0.4) is 0 Å². The maximum atomic E-state index is 11.8. The molecule has 0 aromatic heterocycles. The molecular weight excluding hydrogens is 299 g/mol. The van der Waals surface area contributed by atoms with Crippen LogP contribution in [0.15, 0.2) is 12.1 Å². The van der Waals surface area contributed by atoms with Crippen molar-refractivity contribution in [1.82, 2.24) is 0 Å². The molecule has 0 aliphatic rings. The summed E-state index contributed by atoms with van der Waals surface area (Å²) in [5, 5.41) is 3.24. The molecule has 0 saturated carbocycles. The molecule has 0 aliphatic carbocycles. The van der Waals surface area contributed by atoms with Gasteiger partial charge in [-0.3, -0.25) is 4.79 Å². The molecule has 1 aromatic carbocycles. The molecule has 1 rings (SSSR count). The van der Waals surface area contributed by atoms with E-state index < -0.39 is 0 Å². The fourth-order valence-electron chi connectivity index (χ4n) is 1.82. The van der Waals surface area contributed by atoms with Crippen LogP contribution in [0.5, 0.6) is 0 Å². The van der Waals surface area contributed by atoms with Crippen LogP contribution >= 0.6 is 23.2 Å². The van der Waals surface area contributed by atoms with Crippen LogP contribution in [0.1, 0.15) is 26.7 Å². The average molecular weight is 319 g/mol. The monoisotopic (exact) mass is 318 g/mol. The van der Waals surface area contributed by atoms with Crippen molar-refractivity contribution in [3.8, 4) is 0 Å². The van der Waals surface area contributed by atoms with Crippen LogP contribution in [0.2, 0.25) is 10.0 Å². The smallest absolute Gasteiger partial charge is 0.250 e. The summed E-state index contributed by atoms with van der Waals surface area (Å²) in [6.45, 7) is 4.75. The number of nitrogens with two attached hydrogens (primary N) is 1. The van der Waals surface area contributed by atoms with Crippen LogP contribution < -0.4 is 11.1 Å². The Kier molecular flexibility index (Phi) is 7.13. The predicted molar refractivity (Wildman–Crippen MR) is 84.4 cm³/mol. The van der Waals surface area contributed by atoms with Crippen LogP contribution in [0.25, 0.3) is 0 Å². The number of ether oxygens (including phenoxy) is 1. The van der Waals surface area contributed by atoms with E-state index >= 15 is 0 Å². The Balaban J connectivity index is 2.47. The molecule has 6 heteroatoms. The van der Waals surface area contributed by atoms with Crippen LogP contribution in [-0.4, -0.2) is 19.1 Å². The number of amides is 1. The van der Waals surface area contributed by atoms with Crippen LogP contribution in [0.4, 0.5) is 11.4 Å². The zero-order chi connectivity index (χ0) is 15.1. The van der Waals surface area contributed by atoms with E-state index in [-0.39, 0.29) is 12.5 Å². The van der Waals surface area contributed by atoms with Gasteiger partial charge in [-0.1, -0.05) is 43.5 Å². The minimum atomic E-state index is -0.290. The molecule has 0 fully saturated rings. The quantitative estimate of drug-likeness (QED) is 0.748. The zero-order valence-corrected chi connectivity index (χ0v) is 13.2. The second kappa shape index (κ2) is 8.35. The summed E-state index contributed by atoms with van der Waals surface area (Å²) < 4.78 is 5.36. The fourth-order valence-corrected chi connectivity index (χ4v) is 2.42. The summed E-state index contributed by atoms with van der Waals surface area (Å²) in [4.78, 5) is 11.8. The van der Waals surface area contributed by atoms with Crippen LogP contribution in [-0.2, 0) is 9.53 Å². The highest BCUT2D eigenvalue weighted by molar-refractivity contribution is 6.40. The molecule has 0 heterocycles.